The highest BCUT2D eigenvalue weighted by Crippen LogP contribution is 2.23. The lowest BCUT2D eigenvalue weighted by molar-refractivity contribution is 0.240. The van der Waals surface area contributed by atoms with Crippen LogP contribution in [0.15, 0.2) is 42.5 Å². The zero-order valence-electron chi connectivity index (χ0n) is 11.1. The molecule has 0 spiro atoms. The van der Waals surface area contributed by atoms with Gasteiger partial charge in [-0.3, -0.25) is 0 Å². The predicted molar refractivity (Wildman–Crippen MR) is 80.0 cm³/mol. The van der Waals surface area contributed by atoms with Crippen LogP contribution in [0.25, 0.3) is 10.8 Å². The molecule has 1 nitrogen and oxygen atoms in total. The molecule has 0 radical (unpaired) electrons. The molecule has 0 saturated heterocycles. The summed E-state index contributed by atoms with van der Waals surface area (Å²) >= 11 is 0. The Kier molecular flexibility index (Phi) is 3.56. The SMILES string of the molecule is C[Si](C)(C)C#CC(O)c1cccc2ccccc12. The molecule has 1 N–H and O–H groups in total. The third-order valence-electron chi connectivity index (χ3n) is 2.70. The maximum atomic E-state index is 10.2. The Hall–Kier alpha value is -1.56. The number of fused-ring (bicyclic) bond motifs is 1. The van der Waals surface area contributed by atoms with E-state index in [0.29, 0.717) is 0 Å². The molecule has 92 valence electrons. The summed E-state index contributed by atoms with van der Waals surface area (Å²) in [6.45, 7) is 6.53. The largest absolute Gasteiger partial charge is 0.376 e. The van der Waals surface area contributed by atoms with Crippen LogP contribution in [0.5, 0.6) is 0 Å². The minimum atomic E-state index is -1.44. The molecule has 2 aromatic rings. The van der Waals surface area contributed by atoms with Gasteiger partial charge in [0.2, 0.25) is 0 Å². The first-order valence-electron chi connectivity index (χ1n) is 6.16. The van der Waals surface area contributed by atoms with E-state index in [-0.39, 0.29) is 0 Å². The normalized spacial score (nSPS) is 12.9. The smallest absolute Gasteiger partial charge is 0.140 e. The van der Waals surface area contributed by atoms with E-state index < -0.39 is 14.2 Å². The van der Waals surface area contributed by atoms with Gasteiger partial charge < -0.3 is 5.11 Å². The number of aliphatic hydroxyl groups excluding tert-OH is 1. The van der Waals surface area contributed by atoms with Gasteiger partial charge in [-0.15, -0.1) is 5.54 Å². The summed E-state index contributed by atoms with van der Waals surface area (Å²) < 4.78 is 0. The minimum Gasteiger partial charge on any atom is -0.376 e. The molecule has 2 rings (SSSR count). The van der Waals surface area contributed by atoms with E-state index in [1.165, 1.54) is 0 Å². The second kappa shape index (κ2) is 4.97. The first kappa shape index (κ1) is 12.9. The Morgan fingerprint density at radius 1 is 1.00 bits per heavy atom. The molecular formula is C16H18OSi. The molecule has 1 atom stereocenters. The lowest BCUT2D eigenvalue weighted by atomic mass is 10.0. The van der Waals surface area contributed by atoms with Gasteiger partial charge in [0.1, 0.15) is 14.2 Å². The van der Waals surface area contributed by atoms with Crippen molar-refractivity contribution in [2.45, 2.75) is 25.7 Å². The molecule has 18 heavy (non-hydrogen) atoms. The average molecular weight is 254 g/mol. The highest BCUT2D eigenvalue weighted by atomic mass is 28.3. The molecule has 0 aliphatic rings. The lowest BCUT2D eigenvalue weighted by Gasteiger charge is -2.10. The molecule has 0 amide bonds. The van der Waals surface area contributed by atoms with Crippen LogP contribution >= 0.6 is 0 Å². The first-order valence-corrected chi connectivity index (χ1v) is 9.66. The summed E-state index contributed by atoms with van der Waals surface area (Å²) in [5, 5.41) is 12.5. The molecule has 0 bridgehead atoms. The maximum absolute atomic E-state index is 10.2. The molecular weight excluding hydrogens is 236 g/mol. The number of hydrogen-bond donors (Lipinski definition) is 1. The van der Waals surface area contributed by atoms with E-state index >= 15 is 0 Å². The van der Waals surface area contributed by atoms with E-state index in [9.17, 15) is 5.11 Å². The second-order valence-electron chi connectivity index (χ2n) is 5.49. The van der Waals surface area contributed by atoms with E-state index in [1.807, 2.05) is 30.3 Å². The Morgan fingerprint density at radius 3 is 2.39 bits per heavy atom. The highest BCUT2D eigenvalue weighted by Gasteiger charge is 2.11. The molecule has 1 unspecified atom stereocenters. The molecule has 0 aliphatic carbocycles. The van der Waals surface area contributed by atoms with Crippen LogP contribution < -0.4 is 0 Å². The molecule has 0 fully saturated rings. The van der Waals surface area contributed by atoms with Crippen LogP contribution in [0, 0.1) is 11.5 Å². The average Bonchev–Trinajstić information content (AvgIpc) is 2.34. The number of aliphatic hydroxyl groups is 1. The fourth-order valence-corrected chi connectivity index (χ4v) is 2.42. The molecule has 0 aromatic heterocycles. The van der Waals surface area contributed by atoms with Crippen molar-refractivity contribution >= 4 is 18.8 Å². The summed E-state index contributed by atoms with van der Waals surface area (Å²) in [7, 11) is -1.44. The predicted octanol–water partition coefficient (Wildman–Crippen LogP) is 3.75. The molecule has 0 aliphatic heterocycles. The van der Waals surface area contributed by atoms with Gasteiger partial charge in [0.15, 0.2) is 0 Å². The van der Waals surface area contributed by atoms with Gasteiger partial charge in [-0.2, -0.15) is 0 Å². The Labute approximate surface area is 109 Å². The summed E-state index contributed by atoms with van der Waals surface area (Å²) in [6.07, 6.45) is -0.692. The van der Waals surface area contributed by atoms with Crippen molar-refractivity contribution < 1.29 is 5.11 Å². The number of rotatable bonds is 1. The fraction of sp³-hybridized carbons (Fsp3) is 0.250. The Morgan fingerprint density at radius 2 is 1.67 bits per heavy atom. The third-order valence-corrected chi connectivity index (χ3v) is 3.60. The zero-order chi connectivity index (χ0) is 13.2. The van der Waals surface area contributed by atoms with Crippen molar-refractivity contribution in [1.29, 1.82) is 0 Å². The van der Waals surface area contributed by atoms with Gasteiger partial charge in [0.25, 0.3) is 0 Å². The molecule has 0 heterocycles. The van der Waals surface area contributed by atoms with E-state index in [0.717, 1.165) is 16.3 Å². The summed E-state index contributed by atoms with van der Waals surface area (Å²) in [4.78, 5) is 0. The second-order valence-corrected chi connectivity index (χ2v) is 10.2. The van der Waals surface area contributed by atoms with Gasteiger partial charge in [-0.25, -0.2) is 0 Å². The van der Waals surface area contributed by atoms with E-state index in [4.69, 9.17) is 0 Å². The Balaban J connectivity index is 2.44. The fourth-order valence-electron chi connectivity index (χ4n) is 1.85. The quantitative estimate of drug-likeness (QED) is 0.607. The number of benzene rings is 2. The van der Waals surface area contributed by atoms with Crippen LogP contribution in [-0.2, 0) is 0 Å². The van der Waals surface area contributed by atoms with Crippen LogP contribution in [0.4, 0.5) is 0 Å². The van der Waals surface area contributed by atoms with Gasteiger partial charge in [-0.05, 0) is 10.8 Å². The standard InChI is InChI=1S/C16H18OSi/c1-18(2,3)12-11-16(17)15-10-6-8-13-7-4-5-9-14(13)15/h4-10,16-17H,1-3H3. The lowest BCUT2D eigenvalue weighted by Crippen LogP contribution is -2.16. The van der Waals surface area contributed by atoms with Crippen molar-refractivity contribution in [2.75, 3.05) is 0 Å². The highest BCUT2D eigenvalue weighted by molar-refractivity contribution is 6.83. The van der Waals surface area contributed by atoms with Crippen LogP contribution in [-0.4, -0.2) is 13.2 Å². The molecule has 2 aromatic carbocycles. The van der Waals surface area contributed by atoms with Crippen molar-refractivity contribution in [2.24, 2.45) is 0 Å². The summed E-state index contributed by atoms with van der Waals surface area (Å²) in [5.74, 6) is 3.00. The maximum Gasteiger partial charge on any atom is 0.140 e. The molecule has 0 saturated carbocycles. The van der Waals surface area contributed by atoms with Crippen molar-refractivity contribution in [3.05, 3.63) is 48.0 Å². The zero-order valence-corrected chi connectivity index (χ0v) is 12.1. The van der Waals surface area contributed by atoms with Crippen molar-refractivity contribution in [3.63, 3.8) is 0 Å². The van der Waals surface area contributed by atoms with Gasteiger partial charge in [0.05, 0.1) is 0 Å². The number of hydrogen-bond acceptors (Lipinski definition) is 1. The molecule has 2 heteroatoms. The van der Waals surface area contributed by atoms with Crippen LogP contribution in [0.2, 0.25) is 19.6 Å². The minimum absolute atomic E-state index is 0.692. The van der Waals surface area contributed by atoms with Crippen molar-refractivity contribution in [1.82, 2.24) is 0 Å². The van der Waals surface area contributed by atoms with Gasteiger partial charge in [-0.1, -0.05) is 68.0 Å². The van der Waals surface area contributed by atoms with Gasteiger partial charge >= 0.3 is 0 Å². The van der Waals surface area contributed by atoms with Crippen LogP contribution in [0.1, 0.15) is 11.7 Å². The summed E-state index contributed by atoms with van der Waals surface area (Å²) in [5.41, 5.74) is 4.13. The van der Waals surface area contributed by atoms with Crippen molar-refractivity contribution in [3.8, 4) is 11.5 Å². The third kappa shape index (κ3) is 3.01. The van der Waals surface area contributed by atoms with Crippen LogP contribution in [0.3, 0.4) is 0 Å². The first-order chi connectivity index (χ1) is 8.47. The van der Waals surface area contributed by atoms with Gasteiger partial charge in [0, 0.05) is 5.56 Å². The summed E-state index contributed by atoms with van der Waals surface area (Å²) in [6, 6.07) is 14.1. The monoisotopic (exact) mass is 254 g/mol. The van der Waals surface area contributed by atoms with E-state index in [1.54, 1.807) is 0 Å². The van der Waals surface area contributed by atoms with E-state index in [2.05, 4.69) is 43.2 Å². The Bertz CT molecular complexity index is 609. The topological polar surface area (TPSA) is 20.2 Å².